The lowest BCUT2D eigenvalue weighted by Gasteiger charge is -2.16. The van der Waals surface area contributed by atoms with Crippen LogP contribution in [0, 0.1) is 13.8 Å². The molecule has 26 heavy (non-hydrogen) atoms. The lowest BCUT2D eigenvalue weighted by atomic mass is 10.00. The van der Waals surface area contributed by atoms with Gasteiger partial charge in [0.25, 0.3) is 5.91 Å². The second-order valence-electron chi connectivity index (χ2n) is 6.43. The number of benzene rings is 1. The highest BCUT2D eigenvalue weighted by atomic mass is 32.2. The van der Waals surface area contributed by atoms with Gasteiger partial charge in [-0.05, 0) is 44.0 Å². The normalized spacial score (nSPS) is 12.2. The molecule has 0 aliphatic heterocycles. The van der Waals surface area contributed by atoms with Gasteiger partial charge in [-0.15, -0.1) is 0 Å². The summed E-state index contributed by atoms with van der Waals surface area (Å²) in [6, 6.07) is 9.74. The largest absolute Gasteiger partial charge is 0.455 e. The fraction of sp³-hybridized carbons (Fsp3) is 0.300. The molecular formula is C20H23N3O2S. The first-order valence-electron chi connectivity index (χ1n) is 8.51. The van der Waals surface area contributed by atoms with Crippen LogP contribution in [0.5, 0.6) is 0 Å². The molecule has 1 aromatic carbocycles. The van der Waals surface area contributed by atoms with Crippen LogP contribution in [0.4, 0.5) is 0 Å². The Kier molecular flexibility index (Phi) is 5.52. The zero-order chi connectivity index (χ0) is 18.7. The average molecular weight is 369 g/mol. The van der Waals surface area contributed by atoms with Crippen LogP contribution in [0.2, 0.25) is 0 Å². The molecular weight excluding hydrogens is 346 g/mol. The number of aryl methyl sites for hydroxylation is 3. The second-order valence-corrected chi connectivity index (χ2v) is 7.37. The Morgan fingerprint density at radius 3 is 2.85 bits per heavy atom. The van der Waals surface area contributed by atoms with Crippen molar-refractivity contribution in [3.05, 3.63) is 70.9 Å². The predicted molar refractivity (Wildman–Crippen MR) is 103 cm³/mol. The van der Waals surface area contributed by atoms with Crippen LogP contribution in [-0.2, 0) is 12.8 Å². The Labute approximate surface area is 157 Å². The number of carbonyl (C=O) groups is 1. The van der Waals surface area contributed by atoms with Crippen LogP contribution in [-0.4, -0.2) is 15.5 Å². The fourth-order valence-corrected chi connectivity index (χ4v) is 3.60. The Balaban J connectivity index is 1.62. The third kappa shape index (κ3) is 4.19. The van der Waals surface area contributed by atoms with Gasteiger partial charge in [0.15, 0.2) is 10.9 Å². The maximum Gasteiger partial charge on any atom is 0.287 e. The van der Waals surface area contributed by atoms with Gasteiger partial charge in [0, 0.05) is 19.4 Å². The Bertz CT molecular complexity index is 913. The van der Waals surface area contributed by atoms with E-state index in [1.165, 1.54) is 5.56 Å². The SMILES string of the molecule is Cc1ccc(C)c(C(C)NC(=O)c2ccc(CSc3nccn3C)o2)c1. The van der Waals surface area contributed by atoms with Crippen molar-refractivity contribution in [2.75, 3.05) is 0 Å². The Morgan fingerprint density at radius 1 is 1.31 bits per heavy atom. The van der Waals surface area contributed by atoms with E-state index in [2.05, 4.69) is 42.3 Å². The molecule has 0 saturated heterocycles. The topological polar surface area (TPSA) is 60.1 Å². The number of thioether (sulfide) groups is 1. The van der Waals surface area contributed by atoms with E-state index in [9.17, 15) is 4.79 Å². The van der Waals surface area contributed by atoms with Crippen molar-refractivity contribution in [2.24, 2.45) is 7.05 Å². The van der Waals surface area contributed by atoms with E-state index in [1.54, 1.807) is 24.0 Å². The molecule has 0 radical (unpaired) electrons. The third-order valence-electron chi connectivity index (χ3n) is 4.25. The summed E-state index contributed by atoms with van der Waals surface area (Å²) in [5, 5.41) is 3.93. The molecule has 0 aliphatic carbocycles. The standard InChI is InChI=1S/C20H23N3O2S/c1-13-5-6-14(2)17(11-13)15(3)22-19(24)18-8-7-16(25-18)12-26-20-21-9-10-23(20)4/h5-11,15H,12H2,1-4H3,(H,22,24). The first kappa shape index (κ1) is 18.3. The molecule has 5 nitrogen and oxygen atoms in total. The Hall–Kier alpha value is -2.47. The van der Waals surface area contributed by atoms with Gasteiger partial charge in [0.2, 0.25) is 0 Å². The van der Waals surface area contributed by atoms with E-state index < -0.39 is 0 Å². The molecule has 2 aromatic heterocycles. The molecule has 0 saturated carbocycles. The van der Waals surface area contributed by atoms with Gasteiger partial charge in [0.1, 0.15) is 5.76 Å². The smallest absolute Gasteiger partial charge is 0.287 e. The number of carbonyl (C=O) groups excluding carboxylic acids is 1. The Morgan fingerprint density at radius 2 is 2.12 bits per heavy atom. The van der Waals surface area contributed by atoms with Crippen LogP contribution in [0.25, 0.3) is 0 Å². The molecule has 0 aliphatic rings. The summed E-state index contributed by atoms with van der Waals surface area (Å²) in [5.74, 6) is 1.51. The first-order chi connectivity index (χ1) is 12.4. The van der Waals surface area contributed by atoms with Crippen LogP contribution < -0.4 is 5.32 Å². The van der Waals surface area contributed by atoms with Crippen molar-refractivity contribution in [2.45, 2.75) is 37.7 Å². The van der Waals surface area contributed by atoms with Gasteiger partial charge in [-0.2, -0.15) is 0 Å². The number of aromatic nitrogens is 2. The number of furan rings is 1. The van der Waals surface area contributed by atoms with E-state index >= 15 is 0 Å². The fourth-order valence-electron chi connectivity index (χ4n) is 2.78. The minimum absolute atomic E-state index is 0.0853. The summed E-state index contributed by atoms with van der Waals surface area (Å²) >= 11 is 1.57. The van der Waals surface area contributed by atoms with Gasteiger partial charge in [-0.25, -0.2) is 4.98 Å². The van der Waals surface area contributed by atoms with Gasteiger partial charge >= 0.3 is 0 Å². The molecule has 1 N–H and O–H groups in total. The van der Waals surface area contributed by atoms with Crippen LogP contribution in [0.3, 0.4) is 0 Å². The van der Waals surface area contributed by atoms with Crippen LogP contribution in [0.15, 0.2) is 52.3 Å². The van der Waals surface area contributed by atoms with Crippen molar-refractivity contribution in [1.82, 2.24) is 14.9 Å². The van der Waals surface area contributed by atoms with Gasteiger partial charge in [-0.1, -0.05) is 35.5 Å². The lowest BCUT2D eigenvalue weighted by Crippen LogP contribution is -2.26. The average Bonchev–Trinajstić information content (AvgIpc) is 3.24. The number of amides is 1. The number of hydrogen-bond donors (Lipinski definition) is 1. The van der Waals surface area contributed by atoms with Gasteiger partial charge in [0.05, 0.1) is 11.8 Å². The van der Waals surface area contributed by atoms with Crippen molar-refractivity contribution in [3.8, 4) is 0 Å². The zero-order valence-corrected chi connectivity index (χ0v) is 16.3. The molecule has 6 heteroatoms. The van der Waals surface area contributed by atoms with Gasteiger partial charge in [-0.3, -0.25) is 4.79 Å². The molecule has 136 valence electrons. The summed E-state index contributed by atoms with van der Waals surface area (Å²) in [6.07, 6.45) is 3.66. The van der Waals surface area contributed by atoms with E-state index in [0.717, 1.165) is 22.0 Å². The van der Waals surface area contributed by atoms with Crippen molar-refractivity contribution < 1.29 is 9.21 Å². The second kappa shape index (κ2) is 7.83. The van der Waals surface area contributed by atoms with E-state index in [0.29, 0.717) is 11.5 Å². The highest BCUT2D eigenvalue weighted by Gasteiger charge is 2.16. The minimum Gasteiger partial charge on any atom is -0.455 e. The number of nitrogens with one attached hydrogen (secondary N) is 1. The first-order valence-corrected chi connectivity index (χ1v) is 9.49. The highest BCUT2D eigenvalue weighted by Crippen LogP contribution is 2.23. The number of rotatable bonds is 6. The number of imidazole rings is 1. The maximum atomic E-state index is 12.5. The van der Waals surface area contributed by atoms with E-state index in [1.807, 2.05) is 30.8 Å². The minimum atomic E-state index is -0.202. The molecule has 1 atom stereocenters. The van der Waals surface area contributed by atoms with E-state index in [4.69, 9.17) is 4.42 Å². The van der Waals surface area contributed by atoms with Crippen molar-refractivity contribution in [3.63, 3.8) is 0 Å². The summed E-state index contributed by atoms with van der Waals surface area (Å²) < 4.78 is 7.66. The highest BCUT2D eigenvalue weighted by molar-refractivity contribution is 7.98. The zero-order valence-electron chi connectivity index (χ0n) is 15.4. The third-order valence-corrected chi connectivity index (χ3v) is 5.34. The molecule has 1 unspecified atom stereocenters. The molecule has 1 amide bonds. The van der Waals surface area contributed by atoms with E-state index in [-0.39, 0.29) is 11.9 Å². The molecule has 3 aromatic rings. The summed E-state index contributed by atoms with van der Waals surface area (Å²) in [6.45, 7) is 6.09. The van der Waals surface area contributed by atoms with Crippen molar-refractivity contribution in [1.29, 1.82) is 0 Å². The molecule has 0 bridgehead atoms. The lowest BCUT2D eigenvalue weighted by molar-refractivity contribution is 0.0910. The molecule has 0 spiro atoms. The quantitative estimate of drug-likeness (QED) is 0.654. The summed E-state index contributed by atoms with van der Waals surface area (Å²) in [7, 11) is 1.95. The molecule has 3 rings (SSSR count). The summed E-state index contributed by atoms with van der Waals surface area (Å²) in [5.41, 5.74) is 3.46. The maximum absolute atomic E-state index is 12.5. The van der Waals surface area contributed by atoms with Crippen molar-refractivity contribution >= 4 is 17.7 Å². The number of nitrogens with zero attached hydrogens (tertiary/aromatic N) is 2. The molecule has 2 heterocycles. The summed E-state index contributed by atoms with van der Waals surface area (Å²) in [4.78, 5) is 16.8. The van der Waals surface area contributed by atoms with Crippen LogP contribution in [0.1, 0.15) is 46.0 Å². The van der Waals surface area contributed by atoms with Gasteiger partial charge < -0.3 is 14.3 Å². The monoisotopic (exact) mass is 369 g/mol. The van der Waals surface area contributed by atoms with Crippen LogP contribution >= 0.6 is 11.8 Å². The number of hydrogen-bond acceptors (Lipinski definition) is 4. The molecule has 0 fully saturated rings. The predicted octanol–water partition coefficient (Wildman–Crippen LogP) is 4.41.